The topological polar surface area (TPSA) is 61.4 Å². The molecule has 0 saturated carbocycles. The van der Waals surface area contributed by atoms with Crippen molar-refractivity contribution < 1.29 is 9.59 Å². The fraction of sp³-hybridized carbons (Fsp3) is 0.250. The molecule has 1 aromatic carbocycles. The van der Waals surface area contributed by atoms with Crippen LogP contribution in [0.25, 0.3) is 0 Å². The van der Waals surface area contributed by atoms with Gasteiger partial charge in [0.25, 0.3) is 0 Å². The van der Waals surface area contributed by atoms with E-state index in [1.807, 2.05) is 47.8 Å². The zero-order valence-corrected chi connectivity index (χ0v) is 12.8. The maximum atomic E-state index is 12.2. The molecule has 5 nitrogen and oxygen atoms in total. The zero-order valence-electron chi connectivity index (χ0n) is 12.0. The number of carbonyl (C=O) groups is 2. The van der Waals surface area contributed by atoms with Crippen molar-refractivity contribution in [2.24, 2.45) is 0 Å². The number of imide groups is 1. The third kappa shape index (κ3) is 3.18. The number of hydrogen-bond acceptors (Lipinski definition) is 4. The van der Waals surface area contributed by atoms with E-state index >= 15 is 0 Å². The molecule has 1 aliphatic heterocycles. The summed E-state index contributed by atoms with van der Waals surface area (Å²) in [6.45, 7) is 1.09. The van der Waals surface area contributed by atoms with Crippen LogP contribution in [-0.2, 0) is 4.79 Å². The molecule has 1 atom stereocenters. The maximum Gasteiger partial charge on any atom is 0.324 e. The van der Waals surface area contributed by atoms with Gasteiger partial charge < -0.3 is 5.32 Å². The third-order valence-electron chi connectivity index (χ3n) is 3.58. The highest BCUT2D eigenvalue weighted by Crippen LogP contribution is 2.25. The number of urea groups is 1. The molecule has 1 saturated heterocycles. The first-order valence-electron chi connectivity index (χ1n) is 7.15. The average molecular weight is 315 g/mol. The number of hydrogen-bond donors (Lipinski definition) is 2. The Morgan fingerprint density at radius 2 is 2.09 bits per heavy atom. The molecule has 0 aliphatic carbocycles. The van der Waals surface area contributed by atoms with Crippen LogP contribution in [0, 0.1) is 0 Å². The summed E-state index contributed by atoms with van der Waals surface area (Å²) in [5, 5.41) is 7.93. The van der Waals surface area contributed by atoms with E-state index in [1.54, 1.807) is 11.3 Å². The fourth-order valence-electron chi connectivity index (χ4n) is 2.48. The van der Waals surface area contributed by atoms with Crippen molar-refractivity contribution in [2.75, 3.05) is 19.6 Å². The van der Waals surface area contributed by atoms with Crippen molar-refractivity contribution in [1.82, 2.24) is 15.5 Å². The van der Waals surface area contributed by atoms with Gasteiger partial charge in [0.1, 0.15) is 0 Å². The number of carbonyl (C=O) groups excluding carboxylic acids is 2. The molecule has 2 N–H and O–H groups in total. The molecule has 6 heteroatoms. The molecule has 0 unspecified atom stereocenters. The highest BCUT2D eigenvalue weighted by atomic mass is 32.1. The molecular weight excluding hydrogens is 298 g/mol. The minimum Gasteiger partial charge on any atom is -0.336 e. The van der Waals surface area contributed by atoms with Gasteiger partial charge in [-0.25, -0.2) is 4.79 Å². The Balaban J connectivity index is 1.71. The van der Waals surface area contributed by atoms with E-state index in [0.29, 0.717) is 13.1 Å². The molecule has 1 fully saturated rings. The van der Waals surface area contributed by atoms with Crippen molar-refractivity contribution in [3.05, 3.63) is 58.3 Å². The number of thiophene rings is 1. The molecule has 3 amide bonds. The Bertz CT molecular complexity index is 643. The molecule has 0 radical (unpaired) electrons. The van der Waals surface area contributed by atoms with Crippen LogP contribution >= 0.6 is 11.3 Å². The predicted octanol–water partition coefficient (Wildman–Crippen LogP) is 1.98. The summed E-state index contributed by atoms with van der Waals surface area (Å²) >= 11 is 1.64. The molecular formula is C16H17N3O2S. The zero-order chi connectivity index (χ0) is 15.4. The minimum atomic E-state index is -0.306. The van der Waals surface area contributed by atoms with Gasteiger partial charge in [-0.3, -0.25) is 15.0 Å². The van der Waals surface area contributed by atoms with Crippen molar-refractivity contribution in [1.29, 1.82) is 0 Å². The van der Waals surface area contributed by atoms with Crippen molar-refractivity contribution in [3.8, 4) is 0 Å². The second-order valence-corrected chi connectivity index (χ2v) is 6.00. The summed E-state index contributed by atoms with van der Waals surface area (Å²) < 4.78 is 0. The van der Waals surface area contributed by atoms with Crippen LogP contribution in [0.3, 0.4) is 0 Å². The molecule has 2 aromatic rings. The normalized spacial score (nSPS) is 15.6. The predicted molar refractivity (Wildman–Crippen MR) is 85.7 cm³/mol. The van der Waals surface area contributed by atoms with E-state index < -0.39 is 0 Å². The van der Waals surface area contributed by atoms with Crippen LogP contribution in [0.5, 0.6) is 0 Å². The fourth-order valence-corrected chi connectivity index (χ4v) is 3.31. The first-order chi connectivity index (χ1) is 10.8. The minimum absolute atomic E-state index is 0.0455. The number of nitrogens with zero attached hydrogens (tertiary/aromatic N) is 1. The van der Waals surface area contributed by atoms with Gasteiger partial charge in [0, 0.05) is 18.0 Å². The molecule has 22 heavy (non-hydrogen) atoms. The van der Waals surface area contributed by atoms with Crippen LogP contribution in [0.2, 0.25) is 0 Å². The van der Waals surface area contributed by atoms with Crippen LogP contribution in [0.4, 0.5) is 4.79 Å². The Hall–Kier alpha value is -2.18. The lowest BCUT2D eigenvalue weighted by Crippen LogP contribution is -2.41. The second-order valence-electron chi connectivity index (χ2n) is 5.02. The molecule has 3 rings (SSSR count). The van der Waals surface area contributed by atoms with Crippen LogP contribution in [0.15, 0.2) is 47.8 Å². The smallest absolute Gasteiger partial charge is 0.324 e. The SMILES string of the molecule is O=C(CN[C@H](c1ccccc1)c1cccs1)N1CCNC1=O. The van der Waals surface area contributed by atoms with Gasteiger partial charge in [0.2, 0.25) is 5.91 Å². The van der Waals surface area contributed by atoms with E-state index in [1.165, 1.54) is 4.90 Å². The first-order valence-corrected chi connectivity index (χ1v) is 8.03. The summed E-state index contributed by atoms with van der Waals surface area (Å²) in [5.41, 5.74) is 1.10. The van der Waals surface area contributed by atoms with Gasteiger partial charge in [-0.15, -0.1) is 11.3 Å². The summed E-state index contributed by atoms with van der Waals surface area (Å²) in [4.78, 5) is 26.1. The van der Waals surface area contributed by atoms with Gasteiger partial charge in [-0.1, -0.05) is 36.4 Å². The molecule has 0 bridgehead atoms. The maximum absolute atomic E-state index is 12.2. The lowest BCUT2D eigenvalue weighted by atomic mass is 10.1. The van der Waals surface area contributed by atoms with E-state index in [9.17, 15) is 9.59 Å². The number of amides is 3. The van der Waals surface area contributed by atoms with Crippen molar-refractivity contribution in [2.45, 2.75) is 6.04 Å². The molecule has 0 spiro atoms. The standard InChI is InChI=1S/C16H17N3O2S/c20-14(19-9-8-17-16(19)21)11-18-15(13-7-4-10-22-13)12-5-2-1-3-6-12/h1-7,10,15,18H,8-9,11H2,(H,17,21)/t15-/m1/s1. The number of benzene rings is 1. The summed E-state index contributed by atoms with van der Waals surface area (Å²) in [5.74, 6) is -0.201. The Morgan fingerprint density at radius 3 is 2.73 bits per heavy atom. The lowest BCUT2D eigenvalue weighted by Gasteiger charge is -2.19. The van der Waals surface area contributed by atoms with Crippen molar-refractivity contribution in [3.63, 3.8) is 0 Å². The average Bonchev–Trinajstić information content (AvgIpc) is 3.20. The first kappa shape index (κ1) is 14.7. The lowest BCUT2D eigenvalue weighted by molar-refractivity contribution is -0.126. The van der Waals surface area contributed by atoms with E-state index in [0.717, 1.165) is 10.4 Å². The van der Waals surface area contributed by atoms with Gasteiger partial charge in [-0.2, -0.15) is 0 Å². The quantitative estimate of drug-likeness (QED) is 0.887. The summed E-state index contributed by atoms with van der Waals surface area (Å²) in [6.07, 6.45) is 0. The molecule has 1 aromatic heterocycles. The Kier molecular flexibility index (Phi) is 4.50. The van der Waals surface area contributed by atoms with E-state index in [-0.39, 0.29) is 24.5 Å². The van der Waals surface area contributed by atoms with Crippen molar-refractivity contribution >= 4 is 23.3 Å². The van der Waals surface area contributed by atoms with Crippen LogP contribution in [-0.4, -0.2) is 36.5 Å². The Morgan fingerprint density at radius 1 is 1.27 bits per heavy atom. The monoisotopic (exact) mass is 315 g/mol. The van der Waals surface area contributed by atoms with Gasteiger partial charge in [0.05, 0.1) is 12.6 Å². The van der Waals surface area contributed by atoms with Gasteiger partial charge >= 0.3 is 6.03 Å². The van der Waals surface area contributed by atoms with Crippen LogP contribution < -0.4 is 10.6 Å². The second kappa shape index (κ2) is 6.72. The van der Waals surface area contributed by atoms with Crippen LogP contribution in [0.1, 0.15) is 16.5 Å². The molecule has 2 heterocycles. The molecule has 1 aliphatic rings. The summed E-state index contributed by atoms with van der Waals surface area (Å²) in [6, 6.07) is 13.7. The number of nitrogens with one attached hydrogen (secondary N) is 2. The van der Waals surface area contributed by atoms with E-state index in [2.05, 4.69) is 10.6 Å². The van der Waals surface area contributed by atoms with Gasteiger partial charge in [0.15, 0.2) is 0 Å². The van der Waals surface area contributed by atoms with E-state index in [4.69, 9.17) is 0 Å². The Labute approximate surface area is 132 Å². The summed E-state index contributed by atoms with van der Waals surface area (Å²) in [7, 11) is 0. The van der Waals surface area contributed by atoms with Gasteiger partial charge in [-0.05, 0) is 17.0 Å². The highest BCUT2D eigenvalue weighted by Gasteiger charge is 2.26. The number of rotatable bonds is 5. The largest absolute Gasteiger partial charge is 0.336 e. The highest BCUT2D eigenvalue weighted by molar-refractivity contribution is 7.10. The third-order valence-corrected chi connectivity index (χ3v) is 4.51. The molecule has 114 valence electrons.